The minimum Gasteiger partial charge on any atom is -0.495 e. The number of ether oxygens (including phenoxy) is 1. The van der Waals surface area contributed by atoms with Crippen molar-refractivity contribution in [2.24, 2.45) is 0 Å². The third-order valence-corrected chi connectivity index (χ3v) is 7.54. The van der Waals surface area contributed by atoms with E-state index in [9.17, 15) is 13.2 Å². The van der Waals surface area contributed by atoms with Crippen LogP contribution in [0.1, 0.15) is 12.8 Å². The molecule has 0 saturated carbocycles. The van der Waals surface area contributed by atoms with Gasteiger partial charge < -0.3 is 10.1 Å². The molecule has 3 aromatic rings. The zero-order chi connectivity index (χ0) is 20.6. The summed E-state index contributed by atoms with van der Waals surface area (Å²) in [6, 6.07) is 8.86. The first kappa shape index (κ1) is 20.0. The first-order chi connectivity index (χ1) is 13.9. The average molecular weight is 453 g/mol. The Balaban J connectivity index is 1.61. The Hall–Kier alpha value is -2.27. The minimum atomic E-state index is -3.91. The number of carbonyl (C=O) groups is 1. The predicted molar refractivity (Wildman–Crippen MR) is 111 cm³/mol. The summed E-state index contributed by atoms with van der Waals surface area (Å²) in [7, 11) is -2.41. The molecule has 1 aromatic heterocycles. The van der Waals surface area contributed by atoms with Crippen LogP contribution in [0.4, 0.5) is 5.69 Å². The fraction of sp³-hybridized carbons (Fsp3) is 0.278. The highest BCUT2D eigenvalue weighted by Gasteiger charge is 2.40. The van der Waals surface area contributed by atoms with Crippen LogP contribution in [0.3, 0.4) is 0 Å². The number of halogens is 1. The Morgan fingerprint density at radius 1 is 1.31 bits per heavy atom. The van der Waals surface area contributed by atoms with E-state index in [4.69, 9.17) is 16.3 Å². The second kappa shape index (κ2) is 7.86. The highest BCUT2D eigenvalue weighted by Crippen LogP contribution is 2.31. The van der Waals surface area contributed by atoms with Gasteiger partial charge in [-0.15, -0.1) is 0 Å². The fourth-order valence-corrected chi connectivity index (χ4v) is 6.04. The Kier molecular flexibility index (Phi) is 5.43. The third-order valence-electron chi connectivity index (χ3n) is 4.76. The molecule has 1 aliphatic rings. The van der Waals surface area contributed by atoms with E-state index in [1.807, 2.05) is 0 Å². The van der Waals surface area contributed by atoms with Crippen LogP contribution < -0.4 is 10.1 Å². The molecular weight excluding hydrogens is 436 g/mol. The van der Waals surface area contributed by atoms with Gasteiger partial charge in [-0.1, -0.05) is 17.7 Å². The summed E-state index contributed by atoms with van der Waals surface area (Å²) in [5.74, 6) is 0.0792. The van der Waals surface area contributed by atoms with E-state index in [1.165, 1.54) is 17.5 Å². The summed E-state index contributed by atoms with van der Waals surface area (Å²) in [5, 5.41) is 3.10. The number of nitrogens with one attached hydrogen (secondary N) is 1. The monoisotopic (exact) mass is 452 g/mol. The summed E-state index contributed by atoms with van der Waals surface area (Å²) in [6.07, 6.45) is 1.02. The van der Waals surface area contributed by atoms with Crippen molar-refractivity contribution < 1.29 is 17.9 Å². The molecule has 152 valence electrons. The number of aromatic nitrogens is 2. The highest BCUT2D eigenvalue weighted by atomic mass is 35.5. The zero-order valence-corrected chi connectivity index (χ0v) is 17.7. The Labute approximate surface area is 176 Å². The van der Waals surface area contributed by atoms with Crippen LogP contribution in [0.25, 0.3) is 11.0 Å². The highest BCUT2D eigenvalue weighted by molar-refractivity contribution is 7.89. The van der Waals surface area contributed by atoms with E-state index in [0.717, 1.165) is 11.7 Å². The lowest BCUT2D eigenvalue weighted by atomic mass is 10.2. The lowest BCUT2D eigenvalue weighted by Gasteiger charge is -2.23. The molecule has 0 aliphatic carbocycles. The minimum absolute atomic E-state index is 0.0657. The molecule has 1 amide bonds. The van der Waals surface area contributed by atoms with Crippen LogP contribution in [0, 0.1) is 0 Å². The summed E-state index contributed by atoms with van der Waals surface area (Å²) in [6.45, 7) is 0.262. The number of nitrogens with zero attached hydrogens (tertiary/aromatic N) is 3. The smallest absolute Gasteiger partial charge is 0.246 e. The third kappa shape index (κ3) is 3.68. The summed E-state index contributed by atoms with van der Waals surface area (Å²) < 4.78 is 41.1. The molecule has 1 unspecified atom stereocenters. The van der Waals surface area contributed by atoms with E-state index in [0.29, 0.717) is 40.3 Å². The molecule has 2 heterocycles. The number of sulfonamides is 1. The van der Waals surface area contributed by atoms with Crippen molar-refractivity contribution in [3.05, 3.63) is 41.4 Å². The number of rotatable bonds is 5. The van der Waals surface area contributed by atoms with Crippen molar-refractivity contribution in [3.63, 3.8) is 0 Å². The van der Waals surface area contributed by atoms with Gasteiger partial charge in [0.1, 0.15) is 27.7 Å². The van der Waals surface area contributed by atoms with Gasteiger partial charge in [0.25, 0.3) is 0 Å². The Morgan fingerprint density at radius 3 is 2.90 bits per heavy atom. The zero-order valence-electron chi connectivity index (χ0n) is 15.3. The van der Waals surface area contributed by atoms with Crippen LogP contribution in [-0.2, 0) is 14.8 Å². The van der Waals surface area contributed by atoms with Gasteiger partial charge in [-0.05, 0) is 43.2 Å². The number of hydrogen-bond acceptors (Lipinski definition) is 7. The molecule has 29 heavy (non-hydrogen) atoms. The molecule has 1 N–H and O–H groups in total. The first-order valence-corrected chi connectivity index (χ1v) is 11.3. The Morgan fingerprint density at radius 2 is 2.14 bits per heavy atom. The second-order valence-corrected chi connectivity index (χ2v) is 9.30. The summed E-state index contributed by atoms with van der Waals surface area (Å²) in [5.41, 5.74) is 1.31. The maximum atomic E-state index is 13.3. The van der Waals surface area contributed by atoms with Crippen molar-refractivity contribution in [1.29, 1.82) is 0 Å². The van der Waals surface area contributed by atoms with Crippen LogP contribution >= 0.6 is 23.3 Å². The SMILES string of the molecule is COc1ccc(NC(=O)C2CCCN2S(=O)(=O)c2cccc3nsnc23)cc1Cl. The standard InChI is InChI=1S/C18H17ClN4O4S2/c1-27-15-8-7-11(10-12(15)19)20-18(24)14-5-3-9-23(14)29(25,26)16-6-2-4-13-17(16)22-28-21-13/h2,4,6-8,10,14H,3,5,9H2,1H3,(H,20,24). The van der Waals surface area contributed by atoms with Crippen LogP contribution in [0.15, 0.2) is 41.3 Å². The molecule has 8 nitrogen and oxygen atoms in total. The number of methoxy groups -OCH3 is 1. The second-order valence-electron chi connectivity index (χ2n) is 6.50. The number of benzene rings is 2. The largest absolute Gasteiger partial charge is 0.495 e. The van der Waals surface area contributed by atoms with Gasteiger partial charge in [0.2, 0.25) is 15.9 Å². The van der Waals surface area contributed by atoms with Crippen molar-refractivity contribution >= 4 is 56.0 Å². The van der Waals surface area contributed by atoms with E-state index in [-0.39, 0.29) is 11.4 Å². The number of hydrogen-bond donors (Lipinski definition) is 1. The lowest BCUT2D eigenvalue weighted by molar-refractivity contribution is -0.119. The molecule has 1 saturated heterocycles. The van der Waals surface area contributed by atoms with Gasteiger partial charge in [0.05, 0.1) is 23.9 Å². The van der Waals surface area contributed by atoms with Gasteiger partial charge in [-0.2, -0.15) is 13.1 Å². The number of amides is 1. The number of fused-ring (bicyclic) bond motifs is 1. The molecule has 2 aromatic carbocycles. The topological polar surface area (TPSA) is 101 Å². The molecule has 0 spiro atoms. The van der Waals surface area contributed by atoms with Crippen LogP contribution in [0.5, 0.6) is 5.75 Å². The van der Waals surface area contributed by atoms with E-state index < -0.39 is 22.0 Å². The molecule has 1 atom stereocenters. The van der Waals surface area contributed by atoms with Gasteiger partial charge in [-0.3, -0.25) is 4.79 Å². The van der Waals surface area contributed by atoms with E-state index in [2.05, 4.69) is 14.1 Å². The lowest BCUT2D eigenvalue weighted by Crippen LogP contribution is -2.43. The maximum Gasteiger partial charge on any atom is 0.246 e. The molecule has 11 heteroatoms. The van der Waals surface area contributed by atoms with Crippen molar-refractivity contribution in [3.8, 4) is 5.75 Å². The molecule has 4 rings (SSSR count). The molecule has 1 aliphatic heterocycles. The maximum absolute atomic E-state index is 13.3. The molecule has 0 bridgehead atoms. The Bertz CT molecular complexity index is 1180. The predicted octanol–water partition coefficient (Wildman–Crippen LogP) is 3.15. The summed E-state index contributed by atoms with van der Waals surface area (Å²) in [4.78, 5) is 12.9. The normalized spacial score (nSPS) is 17.5. The molecule has 1 fully saturated rings. The number of carbonyl (C=O) groups excluding carboxylic acids is 1. The van der Waals surface area contributed by atoms with Crippen LogP contribution in [0.2, 0.25) is 5.02 Å². The van der Waals surface area contributed by atoms with Gasteiger partial charge in [0, 0.05) is 12.2 Å². The van der Waals surface area contributed by atoms with Crippen molar-refractivity contribution in [1.82, 2.24) is 13.1 Å². The fourth-order valence-electron chi connectivity index (χ4n) is 3.38. The quantitative estimate of drug-likeness (QED) is 0.638. The average Bonchev–Trinajstić information content (AvgIpc) is 3.37. The van der Waals surface area contributed by atoms with Crippen LogP contribution in [-0.4, -0.2) is 47.1 Å². The summed E-state index contributed by atoms with van der Waals surface area (Å²) >= 11 is 7.06. The van der Waals surface area contributed by atoms with Gasteiger partial charge >= 0.3 is 0 Å². The molecule has 0 radical (unpaired) electrons. The van der Waals surface area contributed by atoms with Gasteiger partial charge in [0.15, 0.2) is 0 Å². The van der Waals surface area contributed by atoms with Gasteiger partial charge in [-0.25, -0.2) is 8.42 Å². The first-order valence-electron chi connectivity index (χ1n) is 8.79. The van der Waals surface area contributed by atoms with Crippen molar-refractivity contribution in [2.45, 2.75) is 23.8 Å². The number of anilines is 1. The van der Waals surface area contributed by atoms with E-state index >= 15 is 0 Å². The van der Waals surface area contributed by atoms with Crippen molar-refractivity contribution in [2.75, 3.05) is 19.0 Å². The van der Waals surface area contributed by atoms with E-state index in [1.54, 1.807) is 30.3 Å². The molecular formula is C18H17ClN4O4S2.